The first-order chi connectivity index (χ1) is 8.22. The van der Waals surface area contributed by atoms with Crippen molar-refractivity contribution in [2.24, 2.45) is 0 Å². The van der Waals surface area contributed by atoms with Crippen molar-refractivity contribution in [1.29, 1.82) is 0 Å². The van der Waals surface area contributed by atoms with Crippen LogP contribution in [-0.4, -0.2) is 69.6 Å². The maximum atomic E-state index is 5.57. The van der Waals surface area contributed by atoms with Crippen LogP contribution >= 0.6 is 0 Å². The number of ether oxygens (including phenoxy) is 2. The maximum Gasteiger partial charge on any atom is 0.158 e. The Morgan fingerprint density at radius 3 is 2.29 bits per heavy atom. The van der Waals surface area contributed by atoms with Crippen LogP contribution < -0.4 is 0 Å². The minimum absolute atomic E-state index is 0.0301. The number of rotatable bonds is 8. The van der Waals surface area contributed by atoms with Crippen LogP contribution in [0.4, 0.5) is 0 Å². The highest BCUT2D eigenvalue weighted by Crippen LogP contribution is 2.09. The van der Waals surface area contributed by atoms with Crippen molar-refractivity contribution in [3.8, 4) is 0 Å². The maximum absolute atomic E-state index is 5.57. The van der Waals surface area contributed by atoms with Gasteiger partial charge in [-0.2, -0.15) is 0 Å². The quantitative estimate of drug-likeness (QED) is 0.644. The van der Waals surface area contributed by atoms with Gasteiger partial charge in [0.05, 0.1) is 13.2 Å². The Morgan fingerprint density at radius 2 is 1.71 bits per heavy atom. The summed E-state index contributed by atoms with van der Waals surface area (Å²) in [6.07, 6.45) is 3.27. The Balaban J connectivity index is 2.17. The predicted octanol–water partition coefficient (Wildman–Crippen LogP) is 1.41. The zero-order chi connectivity index (χ0) is 12.5. The van der Waals surface area contributed by atoms with Crippen LogP contribution in [0, 0.1) is 0 Å². The fraction of sp³-hybridized carbons (Fsp3) is 1.00. The lowest BCUT2D eigenvalue weighted by molar-refractivity contribution is -0.182. The van der Waals surface area contributed by atoms with E-state index in [0.717, 1.165) is 45.7 Å². The molecule has 0 aliphatic carbocycles. The van der Waals surface area contributed by atoms with E-state index in [2.05, 4.69) is 30.8 Å². The normalized spacial score (nSPS) is 18.2. The SMILES string of the molecule is CCCN(CCC1OCCCO1)CCN(C)C. The zero-order valence-electron chi connectivity index (χ0n) is 11.7. The van der Waals surface area contributed by atoms with Gasteiger partial charge in [-0.1, -0.05) is 6.92 Å². The van der Waals surface area contributed by atoms with Crippen molar-refractivity contribution in [1.82, 2.24) is 9.80 Å². The fourth-order valence-corrected chi connectivity index (χ4v) is 1.98. The molecule has 1 saturated heterocycles. The highest BCUT2D eigenvalue weighted by atomic mass is 16.7. The minimum Gasteiger partial charge on any atom is -0.353 e. The molecule has 0 radical (unpaired) electrons. The van der Waals surface area contributed by atoms with Gasteiger partial charge in [0.15, 0.2) is 6.29 Å². The van der Waals surface area contributed by atoms with Gasteiger partial charge in [-0.25, -0.2) is 0 Å². The molecule has 17 heavy (non-hydrogen) atoms. The van der Waals surface area contributed by atoms with Crippen LogP contribution in [0.3, 0.4) is 0 Å². The Hall–Kier alpha value is -0.160. The van der Waals surface area contributed by atoms with E-state index in [4.69, 9.17) is 9.47 Å². The highest BCUT2D eigenvalue weighted by molar-refractivity contribution is 4.62. The van der Waals surface area contributed by atoms with Crippen LogP contribution in [0.25, 0.3) is 0 Å². The number of hydrogen-bond acceptors (Lipinski definition) is 4. The van der Waals surface area contributed by atoms with Gasteiger partial charge >= 0.3 is 0 Å². The molecule has 1 heterocycles. The first-order valence-electron chi connectivity index (χ1n) is 6.82. The summed E-state index contributed by atoms with van der Waals surface area (Å²) in [5.41, 5.74) is 0. The van der Waals surface area contributed by atoms with Gasteiger partial charge in [-0.3, -0.25) is 0 Å². The summed E-state index contributed by atoms with van der Waals surface area (Å²) in [6, 6.07) is 0. The van der Waals surface area contributed by atoms with E-state index in [-0.39, 0.29) is 6.29 Å². The van der Waals surface area contributed by atoms with E-state index < -0.39 is 0 Å². The van der Waals surface area contributed by atoms with E-state index in [0.29, 0.717) is 0 Å². The Kier molecular flexibility index (Phi) is 7.77. The Bertz CT molecular complexity index is 182. The largest absolute Gasteiger partial charge is 0.353 e. The predicted molar refractivity (Wildman–Crippen MR) is 70.2 cm³/mol. The third-order valence-corrected chi connectivity index (χ3v) is 2.98. The molecule has 4 nitrogen and oxygen atoms in total. The van der Waals surface area contributed by atoms with Crippen molar-refractivity contribution < 1.29 is 9.47 Å². The van der Waals surface area contributed by atoms with Crippen molar-refractivity contribution >= 4 is 0 Å². The monoisotopic (exact) mass is 244 g/mol. The second-order valence-corrected chi connectivity index (χ2v) is 4.96. The average Bonchev–Trinajstić information content (AvgIpc) is 2.34. The lowest BCUT2D eigenvalue weighted by Gasteiger charge is -2.28. The molecule has 0 bridgehead atoms. The molecule has 0 saturated carbocycles. The molecule has 0 aromatic carbocycles. The summed E-state index contributed by atoms with van der Waals surface area (Å²) in [7, 11) is 4.25. The van der Waals surface area contributed by atoms with Crippen LogP contribution in [0.2, 0.25) is 0 Å². The van der Waals surface area contributed by atoms with Crippen molar-refractivity contribution in [2.75, 3.05) is 53.5 Å². The van der Waals surface area contributed by atoms with Gasteiger partial charge in [-0.15, -0.1) is 0 Å². The molecule has 0 aromatic rings. The third kappa shape index (κ3) is 6.99. The first-order valence-corrected chi connectivity index (χ1v) is 6.82. The van der Waals surface area contributed by atoms with Crippen LogP contribution in [-0.2, 0) is 9.47 Å². The van der Waals surface area contributed by atoms with Crippen molar-refractivity contribution in [3.05, 3.63) is 0 Å². The highest BCUT2D eigenvalue weighted by Gasteiger charge is 2.15. The van der Waals surface area contributed by atoms with E-state index >= 15 is 0 Å². The molecule has 1 aliphatic rings. The van der Waals surface area contributed by atoms with E-state index in [1.807, 2.05) is 0 Å². The zero-order valence-corrected chi connectivity index (χ0v) is 11.7. The summed E-state index contributed by atoms with van der Waals surface area (Å²) in [5.74, 6) is 0. The average molecular weight is 244 g/mol. The molecule has 1 rings (SSSR count). The van der Waals surface area contributed by atoms with Crippen LogP contribution in [0.1, 0.15) is 26.2 Å². The molecule has 102 valence electrons. The topological polar surface area (TPSA) is 24.9 Å². The third-order valence-electron chi connectivity index (χ3n) is 2.98. The molecule has 0 amide bonds. The van der Waals surface area contributed by atoms with Gasteiger partial charge in [-0.05, 0) is 33.5 Å². The summed E-state index contributed by atoms with van der Waals surface area (Å²) >= 11 is 0. The molecular weight excluding hydrogens is 216 g/mol. The Labute approximate surface area is 106 Å². The second kappa shape index (κ2) is 8.86. The molecule has 4 heteroatoms. The lowest BCUT2D eigenvalue weighted by atomic mass is 10.3. The molecule has 0 spiro atoms. The fourth-order valence-electron chi connectivity index (χ4n) is 1.98. The molecular formula is C13H28N2O2. The van der Waals surface area contributed by atoms with Gasteiger partial charge in [0.25, 0.3) is 0 Å². The summed E-state index contributed by atoms with van der Waals surface area (Å²) in [4.78, 5) is 4.73. The van der Waals surface area contributed by atoms with E-state index in [1.165, 1.54) is 13.0 Å². The molecule has 0 N–H and O–H groups in total. The Morgan fingerprint density at radius 1 is 1.00 bits per heavy atom. The standard InChI is InChI=1S/C13H28N2O2/c1-4-7-15(10-9-14(2)3)8-6-13-16-11-5-12-17-13/h13H,4-12H2,1-3H3. The van der Waals surface area contributed by atoms with E-state index in [9.17, 15) is 0 Å². The number of likely N-dealkylation sites (N-methyl/N-ethyl adjacent to an activating group) is 1. The first kappa shape index (κ1) is 14.9. The molecule has 1 fully saturated rings. The van der Waals surface area contributed by atoms with Crippen molar-refractivity contribution in [2.45, 2.75) is 32.5 Å². The smallest absolute Gasteiger partial charge is 0.158 e. The molecule has 0 unspecified atom stereocenters. The van der Waals surface area contributed by atoms with Crippen LogP contribution in [0.5, 0.6) is 0 Å². The number of hydrogen-bond donors (Lipinski definition) is 0. The van der Waals surface area contributed by atoms with E-state index in [1.54, 1.807) is 0 Å². The number of nitrogens with zero attached hydrogens (tertiary/aromatic N) is 2. The van der Waals surface area contributed by atoms with Crippen molar-refractivity contribution in [3.63, 3.8) is 0 Å². The van der Waals surface area contributed by atoms with Gasteiger partial charge in [0.1, 0.15) is 0 Å². The lowest BCUT2D eigenvalue weighted by Crippen LogP contribution is -2.36. The summed E-state index contributed by atoms with van der Waals surface area (Å²) in [6.45, 7) is 8.44. The molecule has 0 atom stereocenters. The van der Waals surface area contributed by atoms with Gasteiger partial charge < -0.3 is 19.3 Å². The molecule has 0 aromatic heterocycles. The van der Waals surface area contributed by atoms with Gasteiger partial charge in [0.2, 0.25) is 0 Å². The summed E-state index contributed by atoms with van der Waals surface area (Å²) in [5, 5.41) is 0. The molecule has 1 aliphatic heterocycles. The summed E-state index contributed by atoms with van der Waals surface area (Å²) < 4.78 is 11.1. The van der Waals surface area contributed by atoms with Crippen LogP contribution in [0.15, 0.2) is 0 Å². The van der Waals surface area contributed by atoms with Gasteiger partial charge in [0, 0.05) is 26.1 Å². The minimum atomic E-state index is 0.0301. The second-order valence-electron chi connectivity index (χ2n) is 4.96.